The van der Waals surface area contributed by atoms with Crippen LogP contribution in [-0.4, -0.2) is 31.4 Å². The molecule has 1 aromatic rings. The molecule has 7 nitrogen and oxygen atoms in total. The van der Waals surface area contributed by atoms with E-state index >= 15 is 0 Å². The quantitative estimate of drug-likeness (QED) is 0.746. The minimum Gasteiger partial charge on any atom is -0.334 e. The fraction of sp³-hybridized carbons (Fsp3) is 0.273. The molecule has 1 aliphatic heterocycles. The van der Waals surface area contributed by atoms with Crippen LogP contribution in [0.1, 0.15) is 5.56 Å². The Morgan fingerprint density at radius 1 is 1.50 bits per heavy atom. The molecule has 0 saturated carbocycles. The number of nitrogens with one attached hydrogen (secondary N) is 2. The Morgan fingerprint density at radius 2 is 2.20 bits per heavy atom. The second-order valence-electron chi connectivity index (χ2n) is 4.31. The summed E-state index contributed by atoms with van der Waals surface area (Å²) in [6.07, 6.45) is 0. The number of primary sulfonamides is 1. The van der Waals surface area contributed by atoms with Crippen LogP contribution in [0.4, 0.5) is 10.5 Å². The van der Waals surface area contributed by atoms with Crippen LogP contribution < -0.4 is 15.8 Å². The van der Waals surface area contributed by atoms with Crippen LogP contribution in [-0.2, 0) is 14.8 Å². The molecule has 1 fully saturated rings. The van der Waals surface area contributed by atoms with Crippen LogP contribution in [0.5, 0.6) is 0 Å². The lowest BCUT2D eigenvalue weighted by molar-refractivity contribution is -0.117. The van der Waals surface area contributed by atoms with Gasteiger partial charge in [-0.1, -0.05) is 11.8 Å². The highest BCUT2D eigenvalue weighted by Gasteiger charge is 2.28. The fourth-order valence-electron chi connectivity index (χ4n) is 1.70. The van der Waals surface area contributed by atoms with Gasteiger partial charge in [0.25, 0.3) is 5.24 Å². The summed E-state index contributed by atoms with van der Waals surface area (Å²) >= 11 is 1.05. The van der Waals surface area contributed by atoms with Gasteiger partial charge in [0, 0.05) is 11.4 Å². The highest BCUT2D eigenvalue weighted by atomic mass is 32.2. The molecule has 2 rings (SSSR count). The molecular formula is C11H13N3O4S2. The van der Waals surface area contributed by atoms with Crippen molar-refractivity contribution < 1.29 is 18.0 Å². The van der Waals surface area contributed by atoms with Gasteiger partial charge < -0.3 is 10.6 Å². The number of sulfonamides is 1. The van der Waals surface area contributed by atoms with E-state index in [1.54, 1.807) is 6.92 Å². The van der Waals surface area contributed by atoms with E-state index in [9.17, 15) is 18.0 Å². The van der Waals surface area contributed by atoms with Gasteiger partial charge in [0.05, 0.1) is 4.90 Å². The van der Waals surface area contributed by atoms with E-state index in [1.807, 2.05) is 0 Å². The number of aryl methyl sites for hydroxylation is 1. The van der Waals surface area contributed by atoms with Gasteiger partial charge in [-0.15, -0.1) is 0 Å². The number of amides is 2. The number of carbonyl (C=O) groups excluding carboxylic acids is 2. The molecule has 1 unspecified atom stereocenters. The lowest BCUT2D eigenvalue weighted by Crippen LogP contribution is -2.38. The summed E-state index contributed by atoms with van der Waals surface area (Å²) < 4.78 is 22.4. The molecule has 0 spiro atoms. The van der Waals surface area contributed by atoms with Gasteiger partial charge in [-0.2, -0.15) is 0 Å². The lowest BCUT2D eigenvalue weighted by atomic mass is 10.2. The second kappa shape index (κ2) is 5.43. The van der Waals surface area contributed by atoms with Gasteiger partial charge in [0.15, 0.2) is 0 Å². The first kappa shape index (κ1) is 14.8. The van der Waals surface area contributed by atoms with Crippen molar-refractivity contribution in [2.75, 3.05) is 11.1 Å². The number of carbonyl (C=O) groups is 2. The summed E-state index contributed by atoms with van der Waals surface area (Å²) in [5.41, 5.74) is 1.05. The highest BCUT2D eigenvalue weighted by molar-refractivity contribution is 8.14. The van der Waals surface area contributed by atoms with E-state index in [0.29, 0.717) is 17.0 Å². The molecule has 1 aliphatic rings. The Kier molecular flexibility index (Phi) is 4.02. The van der Waals surface area contributed by atoms with Crippen molar-refractivity contribution in [2.45, 2.75) is 17.9 Å². The average molecular weight is 315 g/mol. The normalized spacial score (nSPS) is 18.7. The summed E-state index contributed by atoms with van der Waals surface area (Å²) in [6, 6.07) is 3.59. The summed E-state index contributed by atoms with van der Waals surface area (Å²) in [6.45, 7) is 1.66. The number of hydrogen-bond acceptors (Lipinski definition) is 5. The van der Waals surface area contributed by atoms with Crippen LogP contribution in [0.15, 0.2) is 23.1 Å². The van der Waals surface area contributed by atoms with Crippen molar-refractivity contribution >= 4 is 38.6 Å². The number of rotatable bonds is 3. The molecule has 1 heterocycles. The molecule has 4 N–H and O–H groups in total. The van der Waals surface area contributed by atoms with Crippen molar-refractivity contribution in [3.8, 4) is 0 Å². The topological polar surface area (TPSA) is 118 Å². The van der Waals surface area contributed by atoms with E-state index in [-0.39, 0.29) is 16.0 Å². The fourth-order valence-corrected chi connectivity index (χ4v) is 3.08. The molecular weight excluding hydrogens is 302 g/mol. The Labute approximate surface area is 120 Å². The van der Waals surface area contributed by atoms with E-state index in [4.69, 9.17) is 5.14 Å². The molecule has 1 aromatic carbocycles. The van der Waals surface area contributed by atoms with E-state index in [0.717, 1.165) is 11.8 Å². The molecule has 1 atom stereocenters. The predicted molar refractivity (Wildman–Crippen MR) is 76.0 cm³/mol. The molecule has 0 radical (unpaired) electrons. The minimum absolute atomic E-state index is 0.0160. The molecule has 9 heteroatoms. The third-order valence-corrected chi connectivity index (χ3v) is 4.56. The first-order valence-corrected chi connectivity index (χ1v) is 8.18. The average Bonchev–Trinajstić information content (AvgIpc) is 2.77. The molecule has 0 bridgehead atoms. The third-order valence-electron chi connectivity index (χ3n) is 2.77. The molecule has 20 heavy (non-hydrogen) atoms. The smallest absolute Gasteiger partial charge is 0.279 e. The van der Waals surface area contributed by atoms with Crippen molar-refractivity contribution in [1.29, 1.82) is 0 Å². The summed E-state index contributed by atoms with van der Waals surface area (Å²) in [5.74, 6) is 0.0358. The van der Waals surface area contributed by atoms with Crippen LogP contribution in [0, 0.1) is 6.92 Å². The monoisotopic (exact) mass is 315 g/mol. The van der Waals surface area contributed by atoms with Gasteiger partial charge in [-0.25, -0.2) is 13.6 Å². The molecule has 0 aromatic heterocycles. The maximum absolute atomic E-state index is 11.9. The van der Waals surface area contributed by atoms with Gasteiger partial charge >= 0.3 is 0 Å². The predicted octanol–water partition coefficient (Wildman–Crippen LogP) is 0.406. The van der Waals surface area contributed by atoms with Gasteiger partial charge in [-0.05, 0) is 30.7 Å². The molecule has 0 aliphatic carbocycles. The van der Waals surface area contributed by atoms with E-state index in [2.05, 4.69) is 10.6 Å². The molecule has 108 valence electrons. The standard InChI is InChI=1S/C11H13N3O4S2/c1-6-4-7(20(12,17)18)2-3-8(6)13-10(15)9-5-19-11(16)14-9/h2-4,9H,5H2,1H3,(H,13,15)(H,14,16)(H2,12,17,18). The number of hydrogen-bond donors (Lipinski definition) is 3. The minimum atomic E-state index is -3.77. The van der Waals surface area contributed by atoms with Crippen molar-refractivity contribution in [1.82, 2.24) is 5.32 Å². The molecule has 1 saturated heterocycles. The van der Waals surface area contributed by atoms with Crippen LogP contribution >= 0.6 is 11.8 Å². The first-order chi connectivity index (χ1) is 9.27. The van der Waals surface area contributed by atoms with Crippen LogP contribution in [0.3, 0.4) is 0 Å². The van der Waals surface area contributed by atoms with Crippen LogP contribution in [0.2, 0.25) is 0 Å². The number of anilines is 1. The maximum Gasteiger partial charge on any atom is 0.279 e. The third kappa shape index (κ3) is 3.30. The second-order valence-corrected chi connectivity index (χ2v) is 6.86. The van der Waals surface area contributed by atoms with E-state index < -0.39 is 16.1 Å². The lowest BCUT2D eigenvalue weighted by Gasteiger charge is -2.12. The zero-order valence-corrected chi connectivity index (χ0v) is 12.2. The summed E-state index contributed by atoms with van der Waals surface area (Å²) in [5, 5.41) is 9.97. The first-order valence-electron chi connectivity index (χ1n) is 5.65. The van der Waals surface area contributed by atoms with Crippen molar-refractivity contribution in [3.63, 3.8) is 0 Å². The van der Waals surface area contributed by atoms with Gasteiger partial charge in [0.2, 0.25) is 15.9 Å². The van der Waals surface area contributed by atoms with Crippen molar-refractivity contribution in [3.05, 3.63) is 23.8 Å². The number of thioether (sulfide) groups is 1. The Bertz CT molecular complexity index is 672. The van der Waals surface area contributed by atoms with Gasteiger partial charge in [0.1, 0.15) is 6.04 Å². The van der Waals surface area contributed by atoms with Gasteiger partial charge in [-0.3, -0.25) is 9.59 Å². The van der Waals surface area contributed by atoms with Crippen molar-refractivity contribution in [2.24, 2.45) is 5.14 Å². The Hall–Kier alpha value is -1.58. The summed E-state index contributed by atoms with van der Waals surface area (Å²) in [4.78, 5) is 22.9. The number of benzene rings is 1. The Morgan fingerprint density at radius 3 is 2.70 bits per heavy atom. The molecule has 2 amide bonds. The SMILES string of the molecule is Cc1cc(S(N)(=O)=O)ccc1NC(=O)C1CSC(=O)N1. The maximum atomic E-state index is 11.9. The summed E-state index contributed by atoms with van der Waals surface area (Å²) in [7, 11) is -3.77. The highest BCUT2D eigenvalue weighted by Crippen LogP contribution is 2.20. The Balaban J connectivity index is 2.14. The van der Waals surface area contributed by atoms with E-state index in [1.165, 1.54) is 18.2 Å². The zero-order valence-electron chi connectivity index (χ0n) is 10.5. The largest absolute Gasteiger partial charge is 0.334 e. The van der Waals surface area contributed by atoms with Crippen LogP contribution in [0.25, 0.3) is 0 Å². The zero-order chi connectivity index (χ0) is 14.9. The number of nitrogens with two attached hydrogens (primary N) is 1.